The van der Waals surface area contributed by atoms with Crippen LogP contribution in [0.5, 0.6) is 0 Å². The van der Waals surface area contributed by atoms with Crippen LogP contribution >= 0.6 is 11.6 Å². The first-order valence-electron chi connectivity index (χ1n) is 3.07. The van der Waals surface area contributed by atoms with Crippen molar-refractivity contribution in [3.05, 3.63) is 11.2 Å². The Balaban J connectivity index is 0. The molecular weight excluding hydrogens is 183 g/mol. The molecule has 4 heteroatoms. The van der Waals surface area contributed by atoms with Crippen molar-refractivity contribution >= 4 is 17.8 Å². The molecule has 11 heavy (non-hydrogen) atoms. The minimum absolute atomic E-state index is 0. The van der Waals surface area contributed by atoms with Crippen molar-refractivity contribution in [1.82, 2.24) is 4.90 Å². The molecule has 0 aromatic rings. The lowest BCUT2D eigenvalue weighted by atomic mass is 10.6. The summed E-state index contributed by atoms with van der Waals surface area (Å²) in [5, 5.41) is 0.731. The molecular formula is C7H14Cl2N2. The summed E-state index contributed by atoms with van der Waals surface area (Å²) >= 11 is 5.79. The Hall–Kier alpha value is -0.210. The fourth-order valence-corrected chi connectivity index (χ4v) is 0.917. The van der Waals surface area contributed by atoms with Crippen molar-refractivity contribution in [2.24, 2.45) is 0 Å². The molecule has 0 spiro atoms. The molecule has 0 fully saturated rings. The number of nitrogens with zero attached hydrogens (tertiary/aromatic N) is 2. The van der Waals surface area contributed by atoms with E-state index in [4.69, 9.17) is 11.6 Å². The second kappa shape index (κ2) is 6.50. The van der Waals surface area contributed by atoms with Crippen molar-refractivity contribution in [2.45, 2.75) is 0 Å². The predicted molar refractivity (Wildman–Crippen MR) is 45.8 cm³/mol. The Morgan fingerprint density at radius 2 is 1.82 bits per heavy atom. The van der Waals surface area contributed by atoms with Crippen LogP contribution < -0.4 is 12.4 Å². The molecule has 0 radical (unpaired) electrons. The van der Waals surface area contributed by atoms with Crippen LogP contribution in [0.25, 0.3) is 0 Å². The fourth-order valence-electron chi connectivity index (χ4n) is 0.527. The Labute approximate surface area is 79.6 Å². The van der Waals surface area contributed by atoms with Gasteiger partial charge in [-0.1, -0.05) is 11.6 Å². The first-order valence-corrected chi connectivity index (χ1v) is 3.45. The second-order valence-corrected chi connectivity index (χ2v) is 3.01. The van der Waals surface area contributed by atoms with Gasteiger partial charge in [0.05, 0.1) is 0 Å². The molecule has 0 aromatic heterocycles. The van der Waals surface area contributed by atoms with Gasteiger partial charge in [-0.2, -0.15) is 0 Å². The lowest BCUT2D eigenvalue weighted by Gasteiger charge is -2.02. The summed E-state index contributed by atoms with van der Waals surface area (Å²) in [6.45, 7) is 0. The number of hydrogen-bond acceptors (Lipinski definition) is 1. The van der Waals surface area contributed by atoms with Gasteiger partial charge in [-0.15, -0.1) is 0 Å². The zero-order chi connectivity index (χ0) is 8.15. The lowest BCUT2D eigenvalue weighted by molar-refractivity contribution is -0.458. The molecule has 0 saturated heterocycles. The van der Waals surface area contributed by atoms with Gasteiger partial charge in [-0.25, -0.2) is 4.58 Å². The van der Waals surface area contributed by atoms with Crippen molar-refractivity contribution in [3.8, 4) is 0 Å². The van der Waals surface area contributed by atoms with Gasteiger partial charge in [0.2, 0.25) is 0 Å². The van der Waals surface area contributed by atoms with Crippen LogP contribution in [-0.4, -0.2) is 43.9 Å². The second-order valence-electron chi connectivity index (χ2n) is 2.57. The zero-order valence-electron chi connectivity index (χ0n) is 7.31. The van der Waals surface area contributed by atoms with Crippen LogP contribution in [0.15, 0.2) is 11.2 Å². The van der Waals surface area contributed by atoms with Crippen molar-refractivity contribution in [1.29, 1.82) is 0 Å². The van der Waals surface area contributed by atoms with Gasteiger partial charge in [0.1, 0.15) is 19.1 Å². The van der Waals surface area contributed by atoms with Crippen LogP contribution in [0.4, 0.5) is 0 Å². The maximum atomic E-state index is 5.79. The maximum Gasteiger partial charge on any atom is 0.183 e. The summed E-state index contributed by atoms with van der Waals surface area (Å²) in [4.78, 5) is 1.91. The van der Waals surface area contributed by atoms with E-state index in [1.54, 1.807) is 0 Å². The molecule has 0 saturated carbocycles. The van der Waals surface area contributed by atoms with Gasteiger partial charge in [-0.3, -0.25) is 0 Å². The van der Waals surface area contributed by atoms with E-state index < -0.39 is 0 Å². The first kappa shape index (κ1) is 13.4. The molecule has 0 heterocycles. The third-order valence-electron chi connectivity index (χ3n) is 0.763. The highest BCUT2D eigenvalue weighted by Gasteiger charge is 1.91. The standard InChI is InChI=1S/C7H14ClN2.ClH/c1-9(2)5-7(8)6-10(3)4;/h5-6H,1-4H3;1H/q+1;/p-1. The molecule has 0 amide bonds. The third kappa shape index (κ3) is 9.79. The summed E-state index contributed by atoms with van der Waals surface area (Å²) in [6, 6.07) is 0. The summed E-state index contributed by atoms with van der Waals surface area (Å²) in [5.41, 5.74) is 0. The van der Waals surface area contributed by atoms with E-state index in [9.17, 15) is 0 Å². The smallest absolute Gasteiger partial charge is 0.183 e. The minimum atomic E-state index is 0. The van der Waals surface area contributed by atoms with Crippen LogP contribution in [0.1, 0.15) is 0 Å². The summed E-state index contributed by atoms with van der Waals surface area (Å²) < 4.78 is 1.91. The van der Waals surface area contributed by atoms with E-state index in [1.165, 1.54) is 0 Å². The van der Waals surface area contributed by atoms with E-state index in [2.05, 4.69) is 0 Å². The van der Waals surface area contributed by atoms with Crippen LogP contribution in [0, 0.1) is 0 Å². The Morgan fingerprint density at radius 3 is 2.09 bits per heavy atom. The third-order valence-corrected chi connectivity index (χ3v) is 0.958. The molecule has 0 unspecified atom stereocenters. The van der Waals surface area contributed by atoms with E-state index in [1.807, 2.05) is 50.1 Å². The normalized spacial score (nSPS) is 10.1. The minimum Gasteiger partial charge on any atom is -1.00 e. The summed E-state index contributed by atoms with van der Waals surface area (Å²) in [6.07, 6.45) is 3.70. The van der Waals surface area contributed by atoms with Gasteiger partial charge in [0, 0.05) is 20.3 Å². The molecule has 0 rings (SSSR count). The lowest BCUT2D eigenvalue weighted by Crippen LogP contribution is -3.00. The summed E-state index contributed by atoms with van der Waals surface area (Å²) in [7, 11) is 7.75. The Morgan fingerprint density at radius 1 is 1.36 bits per heavy atom. The molecule has 0 aliphatic carbocycles. The van der Waals surface area contributed by atoms with Crippen LogP contribution in [0.3, 0.4) is 0 Å². The Bertz CT molecular complexity index is 158. The van der Waals surface area contributed by atoms with Crippen molar-refractivity contribution in [2.75, 3.05) is 28.2 Å². The van der Waals surface area contributed by atoms with Gasteiger partial charge in [0.15, 0.2) is 6.21 Å². The maximum absolute atomic E-state index is 5.79. The highest BCUT2D eigenvalue weighted by atomic mass is 35.5. The number of hydrogen-bond donors (Lipinski definition) is 0. The molecule has 0 aliphatic rings. The molecule has 0 aromatic carbocycles. The highest BCUT2D eigenvalue weighted by Crippen LogP contribution is 1.96. The van der Waals surface area contributed by atoms with E-state index in [0.29, 0.717) is 0 Å². The van der Waals surface area contributed by atoms with Gasteiger partial charge < -0.3 is 17.3 Å². The number of halogens is 2. The largest absolute Gasteiger partial charge is 1.00 e. The Kier molecular flexibility index (Phi) is 7.91. The number of rotatable bonds is 2. The topological polar surface area (TPSA) is 6.25 Å². The average molecular weight is 197 g/mol. The summed E-state index contributed by atoms with van der Waals surface area (Å²) in [5.74, 6) is 0. The fraction of sp³-hybridized carbons (Fsp3) is 0.571. The van der Waals surface area contributed by atoms with E-state index in [-0.39, 0.29) is 12.4 Å². The average Bonchev–Trinajstić information content (AvgIpc) is 1.58. The van der Waals surface area contributed by atoms with Gasteiger partial charge >= 0.3 is 0 Å². The number of allylic oxidation sites excluding steroid dienone is 1. The van der Waals surface area contributed by atoms with Crippen LogP contribution in [-0.2, 0) is 0 Å². The monoisotopic (exact) mass is 196 g/mol. The van der Waals surface area contributed by atoms with E-state index >= 15 is 0 Å². The van der Waals surface area contributed by atoms with Crippen LogP contribution in [0.2, 0.25) is 0 Å². The predicted octanol–water partition coefficient (Wildman–Crippen LogP) is -2.02. The van der Waals surface area contributed by atoms with Crippen molar-refractivity contribution < 1.29 is 17.0 Å². The molecule has 0 bridgehead atoms. The van der Waals surface area contributed by atoms with E-state index in [0.717, 1.165) is 5.03 Å². The SMILES string of the molecule is CN(C)/C=C(\Cl)C=[N+](C)C.[Cl-]. The van der Waals surface area contributed by atoms with Gasteiger partial charge in [0.25, 0.3) is 0 Å². The first-order chi connectivity index (χ1) is 4.52. The molecule has 0 aliphatic heterocycles. The van der Waals surface area contributed by atoms with Gasteiger partial charge in [-0.05, 0) is 0 Å². The van der Waals surface area contributed by atoms with Crippen molar-refractivity contribution in [3.63, 3.8) is 0 Å². The molecule has 0 N–H and O–H groups in total. The molecule has 0 atom stereocenters. The zero-order valence-corrected chi connectivity index (χ0v) is 8.82. The molecule has 66 valence electrons. The molecule has 2 nitrogen and oxygen atoms in total. The quantitative estimate of drug-likeness (QED) is 0.365. The highest BCUT2D eigenvalue weighted by molar-refractivity contribution is 6.38.